The average Bonchev–Trinajstić information content (AvgIpc) is 3.80. The van der Waals surface area contributed by atoms with Gasteiger partial charge in [-0.2, -0.15) is 6.67 Å². The number of anilines is 1. The predicted octanol–water partition coefficient (Wildman–Crippen LogP) is 14.3. The molecule has 0 atom stereocenters. The first-order valence-corrected chi connectivity index (χ1v) is 28.2. The molecular formula is C48H63Cl2N2PRu. The van der Waals surface area contributed by atoms with Crippen molar-refractivity contribution in [1.29, 1.82) is 0 Å². The van der Waals surface area contributed by atoms with Crippen LogP contribution in [-0.2, 0) is 13.5 Å². The minimum atomic E-state index is -1.88. The third kappa shape index (κ3) is 10.2. The molecule has 4 fully saturated rings. The zero-order chi connectivity index (χ0) is 37.4. The van der Waals surface area contributed by atoms with E-state index in [1.54, 1.807) is 96.3 Å². The number of halogens is 2. The van der Waals surface area contributed by atoms with E-state index >= 15 is 0 Å². The average molecular weight is 871 g/mol. The van der Waals surface area contributed by atoms with Crippen LogP contribution in [0.1, 0.15) is 143 Å². The molecule has 5 aliphatic carbocycles. The van der Waals surface area contributed by atoms with E-state index in [4.69, 9.17) is 19.4 Å². The summed E-state index contributed by atoms with van der Waals surface area (Å²) in [4.78, 5) is 4.58. The molecule has 6 heteroatoms. The molecule has 1 aliphatic heterocycles. The monoisotopic (exact) mass is 870 g/mol. The third-order valence-electron chi connectivity index (χ3n) is 12.7. The zero-order valence-electron chi connectivity index (χ0n) is 33.0. The number of benzene rings is 3. The number of allylic oxidation sites excluding steroid dienone is 1. The van der Waals surface area contributed by atoms with Crippen LogP contribution < -0.4 is 4.90 Å². The Morgan fingerprint density at radius 2 is 1.11 bits per heavy atom. The topological polar surface area (TPSA) is 6.48 Å². The van der Waals surface area contributed by atoms with Crippen molar-refractivity contribution in [2.75, 3.05) is 4.90 Å². The molecule has 0 aromatic heterocycles. The fraction of sp³-hybridized carbons (Fsp3) is 0.500. The second kappa shape index (κ2) is 19.6. The summed E-state index contributed by atoms with van der Waals surface area (Å²) in [6, 6.07) is 23.9. The number of rotatable bonds is 6. The van der Waals surface area contributed by atoms with Gasteiger partial charge in [-0.25, -0.2) is 0 Å². The van der Waals surface area contributed by atoms with Gasteiger partial charge in [0.15, 0.2) is 0 Å². The first-order chi connectivity index (χ1) is 26.4. The molecule has 0 radical (unpaired) electrons. The predicted molar refractivity (Wildman–Crippen MR) is 236 cm³/mol. The Kier molecular flexibility index (Phi) is 14.7. The van der Waals surface area contributed by atoms with E-state index < -0.39 is 13.5 Å². The van der Waals surface area contributed by atoms with E-state index in [0.717, 1.165) is 10.1 Å². The van der Waals surface area contributed by atoms with E-state index in [2.05, 4.69) is 98.2 Å². The van der Waals surface area contributed by atoms with Gasteiger partial charge < -0.3 is 9.80 Å². The Morgan fingerprint density at radius 3 is 1.61 bits per heavy atom. The van der Waals surface area contributed by atoms with Gasteiger partial charge in [-0.1, -0.05) is 37.0 Å². The Morgan fingerprint density at radius 1 is 0.611 bits per heavy atom. The Labute approximate surface area is 342 Å². The van der Waals surface area contributed by atoms with Gasteiger partial charge in [-0.3, -0.25) is 0 Å². The standard InChI is InChI=1S/C18H33P.C15H19N2.C15H10.2ClH.Ru/c1-4-10-16(11-5-1)19(17-12-6-2-7-13-17)18-14-8-3-9-15-18;1-11-8-12(2)15(13(3)9-11)17-7-6-16(10-17)14-4-5-14;1-2-6-12(7-3-1)15-11-10-13-8-4-5-9-14(13)15;;;/h16-18H,1-15H2;6-10,14H,4-5H2,1-3H3;1-9,11H;2*1H;/q;-1;;;;+2/p-1. The van der Waals surface area contributed by atoms with Crippen molar-refractivity contribution in [2.24, 2.45) is 0 Å². The van der Waals surface area contributed by atoms with Crippen LogP contribution in [0.25, 0.3) is 5.57 Å². The van der Waals surface area contributed by atoms with Crippen molar-refractivity contribution in [3.8, 4) is 0 Å². The van der Waals surface area contributed by atoms with Crippen molar-refractivity contribution in [1.82, 2.24) is 4.90 Å². The molecule has 0 saturated heterocycles. The Hall–Kier alpha value is -1.76. The van der Waals surface area contributed by atoms with Crippen molar-refractivity contribution in [3.63, 3.8) is 0 Å². The summed E-state index contributed by atoms with van der Waals surface area (Å²) in [7, 11) is 12.3. The number of fused-ring (bicyclic) bond motifs is 1. The van der Waals surface area contributed by atoms with Crippen LogP contribution in [0.4, 0.5) is 5.69 Å². The molecule has 0 bridgehead atoms. The van der Waals surface area contributed by atoms with Gasteiger partial charge in [0, 0.05) is 19.7 Å². The molecule has 9 rings (SSSR count). The number of hydrogen-bond acceptors (Lipinski definition) is 2. The summed E-state index contributed by atoms with van der Waals surface area (Å²) in [5, 5.41) is 0. The molecule has 0 unspecified atom stereocenters. The number of aryl methyl sites for hydroxylation is 3. The third-order valence-corrected chi connectivity index (χ3v) is 20.4. The SMILES string of the molecule is C1CCC([PH+](C2CCCCC2)C2CCCCC2)CC1.Cc1cc(C)c(N2C=CN(C3CC3)[CH-]2)c(C)c1.[Cl][Ru]([Cl])=[C]1C=C(c2ccccc2)c2ccccc21. The van der Waals surface area contributed by atoms with Crippen molar-refractivity contribution >= 4 is 42.7 Å². The van der Waals surface area contributed by atoms with Gasteiger partial charge in [-0.15, -0.1) is 0 Å². The number of nitrogens with zero attached hydrogens (tertiary/aromatic N) is 2. The second-order valence-electron chi connectivity index (χ2n) is 16.7. The molecule has 3 aromatic carbocycles. The Bertz CT molecular complexity index is 1710. The quantitative estimate of drug-likeness (QED) is 0.138. The van der Waals surface area contributed by atoms with Gasteiger partial charge in [0.1, 0.15) is 0 Å². The summed E-state index contributed by atoms with van der Waals surface area (Å²) in [6.45, 7) is 8.76. The van der Waals surface area contributed by atoms with E-state index in [1.165, 1.54) is 74.5 Å². The van der Waals surface area contributed by atoms with E-state index in [9.17, 15) is 0 Å². The summed E-state index contributed by atoms with van der Waals surface area (Å²) in [6.07, 6.45) is 33.0. The van der Waals surface area contributed by atoms with Gasteiger partial charge in [0.25, 0.3) is 0 Å². The maximum absolute atomic E-state index is 6.19. The molecule has 54 heavy (non-hydrogen) atoms. The van der Waals surface area contributed by atoms with Gasteiger partial charge in [-0.05, 0) is 134 Å². The van der Waals surface area contributed by atoms with Crippen LogP contribution >= 0.6 is 27.3 Å². The number of hydrogen-bond donors (Lipinski definition) is 0. The molecule has 3 aromatic rings. The van der Waals surface area contributed by atoms with Crippen LogP contribution in [0.5, 0.6) is 0 Å². The van der Waals surface area contributed by atoms with Crippen LogP contribution in [0.2, 0.25) is 0 Å². The molecular weight excluding hydrogens is 807 g/mol. The molecule has 0 N–H and O–H groups in total. The zero-order valence-corrected chi connectivity index (χ0v) is 37.2. The van der Waals surface area contributed by atoms with Crippen LogP contribution in [0.3, 0.4) is 0 Å². The Balaban J connectivity index is 0.000000125. The molecule has 0 amide bonds. The van der Waals surface area contributed by atoms with E-state index in [0.29, 0.717) is 0 Å². The maximum atomic E-state index is 6.19. The summed E-state index contributed by atoms with van der Waals surface area (Å²) >= 11 is -1.88. The molecule has 292 valence electrons. The van der Waals surface area contributed by atoms with Gasteiger partial charge in [0.2, 0.25) is 0 Å². The fourth-order valence-electron chi connectivity index (χ4n) is 10.1. The fourth-order valence-corrected chi connectivity index (χ4v) is 17.9. The van der Waals surface area contributed by atoms with Crippen LogP contribution in [0.15, 0.2) is 85.2 Å². The van der Waals surface area contributed by atoms with Crippen molar-refractivity contribution in [2.45, 2.75) is 153 Å². The molecule has 2 nitrogen and oxygen atoms in total. The first-order valence-electron chi connectivity index (χ1n) is 21.1. The van der Waals surface area contributed by atoms with E-state index in [1.807, 2.05) is 24.3 Å². The van der Waals surface area contributed by atoms with E-state index in [-0.39, 0.29) is 7.92 Å². The molecule has 4 saturated carbocycles. The molecule has 0 spiro atoms. The van der Waals surface area contributed by atoms with Gasteiger partial charge in [0.05, 0.1) is 17.0 Å². The summed E-state index contributed by atoms with van der Waals surface area (Å²) in [5.74, 6) is 0. The minimum absolute atomic E-state index is 0.0465. The van der Waals surface area contributed by atoms with Crippen LogP contribution in [0, 0.1) is 27.4 Å². The van der Waals surface area contributed by atoms with Crippen molar-refractivity contribution < 1.29 is 13.5 Å². The summed E-state index contributed by atoms with van der Waals surface area (Å²) < 4.78 is 1.12. The molecule has 1 heterocycles. The second-order valence-corrected chi connectivity index (χ2v) is 26.0. The van der Waals surface area contributed by atoms with Gasteiger partial charge >= 0.3 is 120 Å². The normalized spacial score (nSPS) is 21.0. The van der Waals surface area contributed by atoms with Crippen LogP contribution in [-0.4, -0.2) is 32.0 Å². The first kappa shape index (κ1) is 40.4. The summed E-state index contributed by atoms with van der Waals surface area (Å²) in [5.41, 5.74) is 13.9. The molecule has 6 aliphatic rings. The van der Waals surface area contributed by atoms with Crippen molar-refractivity contribution in [3.05, 3.63) is 125 Å².